The smallest absolute Gasteiger partial charge is 0.227 e. The summed E-state index contributed by atoms with van der Waals surface area (Å²) in [6, 6.07) is 8.09. The summed E-state index contributed by atoms with van der Waals surface area (Å²) in [4.78, 5) is 24.8. The summed E-state index contributed by atoms with van der Waals surface area (Å²) in [6.45, 7) is 8.85. The number of nitrogens with zero attached hydrogens (tertiary/aromatic N) is 4. The van der Waals surface area contributed by atoms with E-state index in [9.17, 15) is 4.79 Å². The normalized spacial score (nSPS) is 16.1. The van der Waals surface area contributed by atoms with Gasteiger partial charge in [0.25, 0.3) is 0 Å². The van der Waals surface area contributed by atoms with Crippen LogP contribution in [0.25, 0.3) is 11.3 Å². The Balaban J connectivity index is 1.69. The Kier molecular flexibility index (Phi) is 6.16. The van der Waals surface area contributed by atoms with Crippen LogP contribution in [0.1, 0.15) is 66.1 Å². The molecule has 4 rings (SSSR count). The first-order valence-corrected chi connectivity index (χ1v) is 11.1. The number of benzene rings is 1. The number of aryl methyl sites for hydroxylation is 3. The summed E-state index contributed by atoms with van der Waals surface area (Å²) in [5, 5.41) is 4.13. The summed E-state index contributed by atoms with van der Waals surface area (Å²) >= 11 is 0. The first kappa shape index (κ1) is 21.2. The van der Waals surface area contributed by atoms with Crippen molar-refractivity contribution in [3.8, 4) is 11.3 Å². The quantitative estimate of drug-likeness (QED) is 0.568. The van der Waals surface area contributed by atoms with E-state index in [1.807, 2.05) is 37.1 Å². The summed E-state index contributed by atoms with van der Waals surface area (Å²) < 4.78 is 5.65. The topological polar surface area (TPSA) is 72.1 Å². The fourth-order valence-electron chi connectivity index (χ4n) is 4.32. The minimum Gasteiger partial charge on any atom is -0.356 e. The predicted octanol–water partition coefficient (Wildman–Crippen LogP) is 4.92. The van der Waals surface area contributed by atoms with Crippen LogP contribution in [0.2, 0.25) is 0 Å². The number of carbonyl (C=O) groups excluding carboxylic acids is 1. The van der Waals surface area contributed by atoms with Crippen molar-refractivity contribution in [2.45, 2.75) is 65.8 Å². The lowest BCUT2D eigenvalue weighted by Crippen LogP contribution is -2.32. The number of amides is 1. The molecule has 0 radical (unpaired) electrons. The molecule has 0 bridgehead atoms. The Bertz CT molecular complexity index is 1090. The molecule has 0 spiro atoms. The zero-order valence-electron chi connectivity index (χ0n) is 18.8. The molecule has 162 valence electrons. The molecule has 1 aliphatic heterocycles. The number of carbonyl (C=O) groups is 1. The number of rotatable bonds is 6. The van der Waals surface area contributed by atoms with Crippen molar-refractivity contribution in [2.24, 2.45) is 0 Å². The van der Waals surface area contributed by atoms with Crippen LogP contribution in [0.15, 0.2) is 35.0 Å². The van der Waals surface area contributed by atoms with Gasteiger partial charge >= 0.3 is 0 Å². The van der Waals surface area contributed by atoms with Crippen LogP contribution < -0.4 is 0 Å². The van der Waals surface area contributed by atoms with Gasteiger partial charge < -0.3 is 9.42 Å². The van der Waals surface area contributed by atoms with Gasteiger partial charge in [0.05, 0.1) is 29.4 Å². The molecule has 0 saturated carbocycles. The summed E-state index contributed by atoms with van der Waals surface area (Å²) in [5.41, 5.74) is 5.79. The van der Waals surface area contributed by atoms with Gasteiger partial charge in [-0.15, -0.1) is 0 Å². The molecule has 0 N–H and O–H groups in total. The van der Waals surface area contributed by atoms with Gasteiger partial charge in [-0.2, -0.15) is 0 Å². The zero-order chi connectivity index (χ0) is 22.0. The second kappa shape index (κ2) is 9.00. The molecule has 6 heteroatoms. The molecule has 31 heavy (non-hydrogen) atoms. The summed E-state index contributed by atoms with van der Waals surface area (Å²) in [5.74, 6) is 1.65. The third-order valence-corrected chi connectivity index (χ3v) is 6.07. The van der Waals surface area contributed by atoms with E-state index >= 15 is 0 Å². The Hall–Kier alpha value is -3.02. The van der Waals surface area contributed by atoms with Crippen molar-refractivity contribution in [1.29, 1.82) is 0 Å². The van der Waals surface area contributed by atoms with E-state index in [2.05, 4.69) is 36.1 Å². The highest BCUT2D eigenvalue weighted by molar-refractivity contribution is 5.80. The highest BCUT2D eigenvalue weighted by Crippen LogP contribution is 2.38. The third-order valence-electron chi connectivity index (χ3n) is 6.07. The van der Waals surface area contributed by atoms with Crippen molar-refractivity contribution >= 4 is 5.91 Å². The molecule has 0 unspecified atom stereocenters. The number of likely N-dealkylation sites (tertiary alicyclic amines) is 1. The van der Waals surface area contributed by atoms with Crippen LogP contribution in [0, 0.1) is 20.8 Å². The first-order valence-electron chi connectivity index (χ1n) is 11.1. The van der Waals surface area contributed by atoms with Crippen LogP contribution in [0.4, 0.5) is 0 Å². The molecule has 3 aromatic rings. The van der Waals surface area contributed by atoms with Crippen molar-refractivity contribution in [3.05, 3.63) is 64.4 Å². The highest BCUT2D eigenvalue weighted by atomic mass is 16.5. The summed E-state index contributed by atoms with van der Waals surface area (Å²) in [7, 11) is 0. The first-order chi connectivity index (χ1) is 15.0. The zero-order valence-corrected chi connectivity index (χ0v) is 18.8. The second-order valence-corrected chi connectivity index (χ2v) is 8.47. The van der Waals surface area contributed by atoms with Crippen LogP contribution in [-0.4, -0.2) is 32.5 Å². The van der Waals surface area contributed by atoms with Crippen molar-refractivity contribution in [1.82, 2.24) is 20.0 Å². The molecule has 1 amide bonds. The molecule has 0 aliphatic carbocycles. The van der Waals surface area contributed by atoms with Crippen molar-refractivity contribution in [3.63, 3.8) is 0 Å². The third kappa shape index (κ3) is 4.38. The predicted molar refractivity (Wildman–Crippen MR) is 120 cm³/mol. The van der Waals surface area contributed by atoms with Crippen LogP contribution in [-0.2, 0) is 17.6 Å². The molecule has 2 aromatic heterocycles. The van der Waals surface area contributed by atoms with Crippen LogP contribution >= 0.6 is 0 Å². The Labute approximate surface area is 183 Å². The van der Waals surface area contributed by atoms with Crippen molar-refractivity contribution in [2.75, 3.05) is 6.54 Å². The Morgan fingerprint density at radius 3 is 2.81 bits per heavy atom. The molecule has 1 atom stereocenters. The molecule has 1 aliphatic rings. The maximum Gasteiger partial charge on any atom is 0.227 e. The SMILES string of the molecule is CCCc1ncc(-c2onc(C)c2C)c([C@H]2CCCN2C(=O)Cc2cccc(C)c2)n1. The van der Waals surface area contributed by atoms with Gasteiger partial charge in [0, 0.05) is 24.7 Å². The van der Waals surface area contributed by atoms with Gasteiger partial charge in [-0.1, -0.05) is 41.9 Å². The number of aromatic nitrogens is 3. The molecule has 1 fully saturated rings. The monoisotopic (exact) mass is 418 g/mol. The van der Waals surface area contributed by atoms with E-state index in [0.717, 1.165) is 66.1 Å². The maximum atomic E-state index is 13.3. The van der Waals surface area contributed by atoms with Crippen LogP contribution in [0.5, 0.6) is 0 Å². The fourth-order valence-corrected chi connectivity index (χ4v) is 4.32. The summed E-state index contributed by atoms with van der Waals surface area (Å²) in [6.07, 6.45) is 5.89. The van der Waals surface area contributed by atoms with Gasteiger partial charge in [-0.25, -0.2) is 9.97 Å². The van der Waals surface area contributed by atoms with E-state index in [1.54, 1.807) is 0 Å². The van der Waals surface area contributed by atoms with Gasteiger partial charge in [0.15, 0.2) is 5.76 Å². The standard InChI is InChI=1S/C25H30N4O2/c1-5-8-22-26-15-20(25-17(3)18(4)28-31-25)24(27-22)21-11-7-12-29(21)23(30)14-19-10-6-9-16(2)13-19/h6,9-10,13,15,21H,5,7-8,11-12,14H2,1-4H3/t21-/m1/s1. The van der Waals surface area contributed by atoms with Gasteiger partial charge in [0.2, 0.25) is 5.91 Å². The lowest BCUT2D eigenvalue weighted by molar-refractivity contribution is -0.131. The Morgan fingerprint density at radius 2 is 2.10 bits per heavy atom. The fraction of sp³-hybridized carbons (Fsp3) is 0.440. The highest BCUT2D eigenvalue weighted by Gasteiger charge is 2.34. The van der Waals surface area contributed by atoms with E-state index in [4.69, 9.17) is 9.51 Å². The largest absolute Gasteiger partial charge is 0.356 e. The molecule has 1 saturated heterocycles. The average Bonchev–Trinajstić information content (AvgIpc) is 3.36. The molecular weight excluding hydrogens is 388 g/mol. The van der Waals surface area contributed by atoms with Crippen LogP contribution in [0.3, 0.4) is 0 Å². The maximum absolute atomic E-state index is 13.3. The molecular formula is C25H30N4O2. The number of hydrogen-bond donors (Lipinski definition) is 0. The van der Waals surface area contributed by atoms with Gasteiger partial charge in [-0.05, 0) is 45.6 Å². The second-order valence-electron chi connectivity index (χ2n) is 8.47. The van der Waals surface area contributed by atoms with Crippen molar-refractivity contribution < 1.29 is 9.32 Å². The molecule has 1 aromatic carbocycles. The minimum absolute atomic E-state index is 0.0734. The molecule has 3 heterocycles. The van der Waals surface area contributed by atoms with E-state index in [0.29, 0.717) is 12.2 Å². The van der Waals surface area contributed by atoms with E-state index < -0.39 is 0 Å². The lowest BCUT2D eigenvalue weighted by Gasteiger charge is -2.26. The average molecular weight is 419 g/mol. The van der Waals surface area contributed by atoms with E-state index in [1.165, 1.54) is 5.56 Å². The lowest BCUT2D eigenvalue weighted by atomic mass is 10.0. The van der Waals surface area contributed by atoms with Gasteiger partial charge in [-0.3, -0.25) is 4.79 Å². The Morgan fingerprint density at radius 1 is 1.26 bits per heavy atom. The minimum atomic E-state index is -0.0734. The number of hydrogen-bond acceptors (Lipinski definition) is 5. The van der Waals surface area contributed by atoms with Gasteiger partial charge in [0.1, 0.15) is 5.82 Å². The van der Waals surface area contributed by atoms with E-state index in [-0.39, 0.29) is 11.9 Å². The molecule has 6 nitrogen and oxygen atoms in total.